The molecule has 0 atom stereocenters. The lowest BCUT2D eigenvalue weighted by Crippen LogP contribution is -2.11. The molecule has 4 heteroatoms. The van der Waals surface area contributed by atoms with Crippen LogP contribution in [0.4, 0.5) is 17.1 Å². The van der Waals surface area contributed by atoms with E-state index in [9.17, 15) is 0 Å². The van der Waals surface area contributed by atoms with E-state index < -0.39 is 0 Å². The molecular weight excluding hydrogens is 647 g/mol. The van der Waals surface area contributed by atoms with Crippen LogP contribution in [0.3, 0.4) is 0 Å². The Morgan fingerprint density at radius 1 is 0.420 bits per heavy atom. The molecule has 0 unspecified atom stereocenters. The van der Waals surface area contributed by atoms with E-state index in [-0.39, 0.29) is 0 Å². The van der Waals surface area contributed by atoms with Crippen molar-refractivity contribution in [2.24, 2.45) is 0 Å². The molecule has 0 aliphatic rings. The minimum absolute atomic E-state index is 0.880. The highest BCUT2D eigenvalue weighted by atomic mass is 32.1. The van der Waals surface area contributed by atoms with E-state index in [1.54, 1.807) is 0 Å². The van der Waals surface area contributed by atoms with Gasteiger partial charge >= 0.3 is 0 Å². The topological polar surface area (TPSA) is 16.4 Å². The maximum Gasteiger partial charge on any atom is 0.143 e. The van der Waals surface area contributed by atoms with Crippen molar-refractivity contribution in [2.45, 2.75) is 0 Å². The number of para-hydroxylation sites is 1. The summed E-state index contributed by atoms with van der Waals surface area (Å²) in [7, 11) is 0. The Kier molecular flexibility index (Phi) is 6.03. The summed E-state index contributed by atoms with van der Waals surface area (Å²) in [4.78, 5) is 2.46. The third-order valence-electron chi connectivity index (χ3n) is 10.1. The maximum atomic E-state index is 6.72. The Hall–Kier alpha value is -5.94. The van der Waals surface area contributed by atoms with Gasteiger partial charge in [-0.1, -0.05) is 115 Å². The van der Waals surface area contributed by atoms with Gasteiger partial charge in [0.05, 0.1) is 16.8 Å². The van der Waals surface area contributed by atoms with Gasteiger partial charge in [-0.3, -0.25) is 0 Å². The lowest BCUT2D eigenvalue weighted by Gasteiger charge is -2.28. The molecule has 0 amide bonds. The number of benzene rings is 8. The average Bonchev–Trinajstić information content (AvgIpc) is 3.87. The Morgan fingerprint density at radius 2 is 1.06 bits per heavy atom. The van der Waals surface area contributed by atoms with Gasteiger partial charge in [-0.2, -0.15) is 0 Å². The molecule has 0 fully saturated rings. The number of rotatable bonds is 4. The summed E-state index contributed by atoms with van der Waals surface area (Å²) in [5, 5.41) is 9.72. The zero-order chi connectivity index (χ0) is 32.8. The summed E-state index contributed by atoms with van der Waals surface area (Å²) in [6.45, 7) is 0. The van der Waals surface area contributed by atoms with Crippen LogP contribution in [0, 0.1) is 0 Å². The second-order valence-corrected chi connectivity index (χ2v) is 15.0. The smallest absolute Gasteiger partial charge is 0.143 e. The predicted molar refractivity (Wildman–Crippen MR) is 217 cm³/mol. The van der Waals surface area contributed by atoms with Crippen molar-refractivity contribution >= 4 is 113 Å². The van der Waals surface area contributed by atoms with Crippen molar-refractivity contribution in [1.29, 1.82) is 0 Å². The number of fused-ring (bicyclic) bond motifs is 11. The standard InChI is InChI=1S/C46H27NOS2/c1-2-12-30-28(11-1)23-25-37-44-39(19-10-20-40(44)48-45(30)37)47(29-24-26-34-32-14-4-7-21-41(32)49-43(34)27-29)38-18-6-3-13-31(38)35-16-9-17-36-33-15-5-8-22-42(33)50-46(35)36/h1-27H. The Bertz CT molecular complexity index is 3130. The number of nitrogens with zero attached hydrogens (tertiary/aromatic N) is 1. The highest BCUT2D eigenvalue weighted by molar-refractivity contribution is 7.26. The average molecular weight is 674 g/mol. The number of furan rings is 1. The largest absolute Gasteiger partial charge is 0.455 e. The number of thiophene rings is 2. The second-order valence-electron chi connectivity index (χ2n) is 12.8. The van der Waals surface area contributed by atoms with E-state index >= 15 is 0 Å². The van der Waals surface area contributed by atoms with Gasteiger partial charge in [0.1, 0.15) is 11.2 Å². The molecule has 0 N–H and O–H groups in total. The molecule has 0 aliphatic carbocycles. The summed E-state index contributed by atoms with van der Waals surface area (Å²) in [6, 6.07) is 59.5. The Morgan fingerprint density at radius 3 is 1.96 bits per heavy atom. The molecule has 0 saturated heterocycles. The van der Waals surface area contributed by atoms with Crippen LogP contribution in [-0.4, -0.2) is 0 Å². The van der Waals surface area contributed by atoms with Crippen molar-refractivity contribution in [3.8, 4) is 11.1 Å². The highest BCUT2D eigenvalue weighted by Gasteiger charge is 2.24. The number of hydrogen-bond acceptors (Lipinski definition) is 4. The summed E-state index contributed by atoms with van der Waals surface area (Å²) in [5.74, 6) is 0. The van der Waals surface area contributed by atoms with Crippen LogP contribution in [0.1, 0.15) is 0 Å². The van der Waals surface area contributed by atoms with Crippen molar-refractivity contribution in [3.63, 3.8) is 0 Å². The molecule has 0 radical (unpaired) electrons. The van der Waals surface area contributed by atoms with E-state index in [0.717, 1.165) is 44.4 Å². The minimum Gasteiger partial charge on any atom is -0.455 e. The van der Waals surface area contributed by atoms with Gasteiger partial charge in [-0.25, -0.2) is 0 Å². The van der Waals surface area contributed by atoms with E-state index in [2.05, 4.69) is 169 Å². The van der Waals surface area contributed by atoms with Crippen molar-refractivity contribution in [3.05, 3.63) is 164 Å². The molecule has 0 saturated carbocycles. The maximum absolute atomic E-state index is 6.72. The molecule has 11 rings (SSSR count). The van der Waals surface area contributed by atoms with Gasteiger partial charge in [-0.15, -0.1) is 22.7 Å². The van der Waals surface area contributed by atoms with Crippen LogP contribution in [0.25, 0.3) is 84.2 Å². The van der Waals surface area contributed by atoms with E-state index in [4.69, 9.17) is 4.42 Å². The molecule has 0 spiro atoms. The Balaban J connectivity index is 1.23. The SMILES string of the molecule is c1ccc(N(c2ccc3c(c2)sc2ccccc23)c2cccc3oc4c5ccccc5ccc4c23)c(-c2cccc3c2sc2ccccc23)c1. The van der Waals surface area contributed by atoms with Crippen molar-refractivity contribution < 1.29 is 4.42 Å². The molecule has 234 valence electrons. The van der Waals surface area contributed by atoms with Gasteiger partial charge in [0.2, 0.25) is 0 Å². The normalized spacial score (nSPS) is 12.0. The predicted octanol–water partition coefficient (Wildman–Crippen LogP) is 14.6. The van der Waals surface area contributed by atoms with E-state index in [0.29, 0.717) is 0 Å². The number of hydrogen-bond donors (Lipinski definition) is 0. The van der Waals surface area contributed by atoms with Crippen LogP contribution in [0.15, 0.2) is 168 Å². The number of anilines is 3. The van der Waals surface area contributed by atoms with Crippen LogP contribution in [0.5, 0.6) is 0 Å². The molecule has 3 aromatic heterocycles. The van der Waals surface area contributed by atoms with Crippen molar-refractivity contribution in [2.75, 3.05) is 4.90 Å². The molecule has 50 heavy (non-hydrogen) atoms. The summed E-state index contributed by atoms with van der Waals surface area (Å²) >= 11 is 3.73. The lowest BCUT2D eigenvalue weighted by molar-refractivity contribution is 0.672. The molecular formula is C46H27NOS2. The van der Waals surface area contributed by atoms with Gasteiger partial charge in [0, 0.05) is 67.9 Å². The molecule has 3 heterocycles. The zero-order valence-corrected chi connectivity index (χ0v) is 28.4. The second kappa shape index (κ2) is 10.8. The fraction of sp³-hybridized carbons (Fsp3) is 0. The first-order chi connectivity index (χ1) is 24.8. The molecule has 0 bridgehead atoms. The quantitative estimate of drug-likeness (QED) is 0.185. The van der Waals surface area contributed by atoms with Gasteiger partial charge < -0.3 is 9.32 Å². The fourth-order valence-corrected chi connectivity index (χ4v) is 10.2. The summed E-state index contributed by atoms with van der Waals surface area (Å²) in [6.07, 6.45) is 0. The molecule has 8 aromatic carbocycles. The van der Waals surface area contributed by atoms with Gasteiger partial charge in [0.15, 0.2) is 0 Å². The highest BCUT2D eigenvalue weighted by Crippen LogP contribution is 2.50. The zero-order valence-electron chi connectivity index (χ0n) is 26.8. The van der Waals surface area contributed by atoms with Crippen LogP contribution < -0.4 is 4.90 Å². The third-order valence-corrected chi connectivity index (χ3v) is 12.4. The van der Waals surface area contributed by atoms with Gasteiger partial charge in [-0.05, 0) is 53.9 Å². The van der Waals surface area contributed by atoms with Crippen LogP contribution >= 0.6 is 22.7 Å². The monoisotopic (exact) mass is 673 g/mol. The molecule has 2 nitrogen and oxygen atoms in total. The molecule has 0 aliphatic heterocycles. The summed E-state index contributed by atoms with van der Waals surface area (Å²) in [5.41, 5.74) is 7.56. The minimum atomic E-state index is 0.880. The third kappa shape index (κ3) is 4.07. The summed E-state index contributed by atoms with van der Waals surface area (Å²) < 4.78 is 11.9. The first kappa shape index (κ1) is 28.0. The van der Waals surface area contributed by atoms with E-state index in [1.807, 2.05) is 22.7 Å². The van der Waals surface area contributed by atoms with Crippen LogP contribution in [0.2, 0.25) is 0 Å². The first-order valence-corrected chi connectivity index (χ1v) is 18.5. The van der Waals surface area contributed by atoms with Crippen molar-refractivity contribution in [1.82, 2.24) is 0 Å². The lowest BCUT2D eigenvalue weighted by atomic mass is 9.98. The van der Waals surface area contributed by atoms with E-state index in [1.165, 1.54) is 56.9 Å². The first-order valence-electron chi connectivity index (χ1n) is 16.8. The Labute approximate surface area is 295 Å². The van der Waals surface area contributed by atoms with Crippen LogP contribution in [-0.2, 0) is 0 Å². The van der Waals surface area contributed by atoms with Gasteiger partial charge in [0.25, 0.3) is 0 Å². The fourth-order valence-electron chi connectivity index (χ4n) is 7.84. The molecule has 11 aromatic rings.